The van der Waals surface area contributed by atoms with Crippen molar-refractivity contribution in [1.82, 2.24) is 4.90 Å². The number of likely N-dealkylation sites (N-methyl/N-ethyl adjacent to an activating group) is 1. The summed E-state index contributed by atoms with van der Waals surface area (Å²) >= 11 is 0. The molecule has 0 aromatic heterocycles. The average molecular weight is 462 g/mol. The smallest absolute Gasteiger partial charge is 0.255 e. The fraction of sp³-hybridized carbons (Fsp3) is 0.259. The van der Waals surface area contributed by atoms with Crippen molar-refractivity contribution >= 4 is 17.3 Å². The lowest BCUT2D eigenvalue weighted by molar-refractivity contribution is 0.102. The summed E-state index contributed by atoms with van der Waals surface area (Å²) in [5.74, 6) is 0.985. The molecule has 0 atom stereocenters. The number of nitrogens with one attached hydrogen (secondary N) is 1. The Morgan fingerprint density at radius 1 is 1.00 bits per heavy atom. The molecule has 7 heteroatoms. The van der Waals surface area contributed by atoms with E-state index < -0.39 is 0 Å². The number of carbonyl (C=O) groups excluding carboxylic acids is 1. The summed E-state index contributed by atoms with van der Waals surface area (Å²) in [4.78, 5) is 14.9. The number of hydrogen-bond donors (Lipinski definition) is 2. The van der Waals surface area contributed by atoms with Gasteiger partial charge in [0.15, 0.2) is 11.5 Å². The average Bonchev–Trinajstić information content (AvgIpc) is 2.83. The molecule has 34 heavy (non-hydrogen) atoms. The molecule has 3 aromatic rings. The largest absolute Gasteiger partial charge is 0.493 e. The van der Waals surface area contributed by atoms with Crippen molar-refractivity contribution in [1.29, 1.82) is 0 Å². The van der Waals surface area contributed by atoms with Crippen LogP contribution < -0.4 is 14.8 Å². The van der Waals surface area contributed by atoms with Gasteiger partial charge in [-0.15, -0.1) is 0 Å². The van der Waals surface area contributed by atoms with Crippen molar-refractivity contribution in [2.45, 2.75) is 13.8 Å². The monoisotopic (exact) mass is 461 g/mol. The van der Waals surface area contributed by atoms with Gasteiger partial charge in [0.05, 0.1) is 12.8 Å². The SMILES string of the molecule is COc1ccc(NC(=O)c2ccc(-c3ccc(C(C)=NO)cc3C)cc2)cc1OCCN(C)C. The molecular formula is C27H31N3O4. The van der Waals surface area contributed by atoms with E-state index >= 15 is 0 Å². The van der Waals surface area contributed by atoms with Gasteiger partial charge >= 0.3 is 0 Å². The predicted molar refractivity (Wildman–Crippen MR) is 136 cm³/mol. The molecule has 0 heterocycles. The van der Waals surface area contributed by atoms with Gasteiger partial charge in [-0.1, -0.05) is 29.4 Å². The number of nitrogens with zero attached hydrogens (tertiary/aromatic N) is 2. The summed E-state index contributed by atoms with van der Waals surface area (Å²) in [5.41, 5.74) is 5.71. The van der Waals surface area contributed by atoms with Crippen LogP contribution in [0.15, 0.2) is 65.8 Å². The fourth-order valence-electron chi connectivity index (χ4n) is 3.48. The molecule has 0 aliphatic carbocycles. The number of rotatable bonds is 9. The van der Waals surface area contributed by atoms with E-state index in [0.717, 1.165) is 28.8 Å². The van der Waals surface area contributed by atoms with Crippen molar-refractivity contribution < 1.29 is 19.5 Å². The topological polar surface area (TPSA) is 83.4 Å². The summed E-state index contributed by atoms with van der Waals surface area (Å²) < 4.78 is 11.2. The third kappa shape index (κ3) is 6.14. The molecule has 0 saturated heterocycles. The Morgan fingerprint density at radius 2 is 1.71 bits per heavy atom. The molecule has 2 N–H and O–H groups in total. The van der Waals surface area contributed by atoms with E-state index in [-0.39, 0.29) is 5.91 Å². The van der Waals surface area contributed by atoms with E-state index in [4.69, 9.17) is 14.7 Å². The van der Waals surface area contributed by atoms with Crippen LogP contribution in [0.1, 0.15) is 28.4 Å². The number of aryl methyl sites for hydroxylation is 1. The number of benzene rings is 3. The molecule has 0 saturated carbocycles. The van der Waals surface area contributed by atoms with E-state index in [0.29, 0.717) is 35.1 Å². The Labute approximate surface area is 200 Å². The van der Waals surface area contributed by atoms with Crippen LogP contribution in [-0.2, 0) is 0 Å². The highest BCUT2D eigenvalue weighted by Crippen LogP contribution is 2.31. The first-order valence-electron chi connectivity index (χ1n) is 11.0. The van der Waals surface area contributed by atoms with Crippen molar-refractivity contribution in [3.63, 3.8) is 0 Å². The molecule has 0 fully saturated rings. The van der Waals surface area contributed by atoms with Crippen molar-refractivity contribution in [3.8, 4) is 22.6 Å². The quantitative estimate of drug-likeness (QED) is 0.264. The molecule has 178 valence electrons. The van der Waals surface area contributed by atoms with Gasteiger partial charge < -0.3 is 24.9 Å². The van der Waals surface area contributed by atoms with Gasteiger partial charge in [0.1, 0.15) is 6.61 Å². The summed E-state index contributed by atoms with van der Waals surface area (Å²) in [6.45, 7) is 5.04. The number of anilines is 1. The normalized spacial score (nSPS) is 11.4. The molecule has 3 aromatic carbocycles. The van der Waals surface area contributed by atoms with Gasteiger partial charge in [-0.3, -0.25) is 4.79 Å². The summed E-state index contributed by atoms with van der Waals surface area (Å²) in [6.07, 6.45) is 0. The maximum Gasteiger partial charge on any atom is 0.255 e. The third-order valence-electron chi connectivity index (χ3n) is 5.47. The van der Waals surface area contributed by atoms with Crippen LogP contribution in [0.4, 0.5) is 5.69 Å². The van der Waals surface area contributed by atoms with E-state index in [1.54, 1.807) is 44.4 Å². The highest BCUT2D eigenvalue weighted by atomic mass is 16.5. The van der Waals surface area contributed by atoms with Crippen LogP contribution in [0.5, 0.6) is 11.5 Å². The van der Waals surface area contributed by atoms with Gasteiger partial charge in [-0.25, -0.2) is 0 Å². The minimum Gasteiger partial charge on any atom is -0.493 e. The second-order valence-electron chi connectivity index (χ2n) is 8.26. The van der Waals surface area contributed by atoms with Crippen molar-refractivity contribution in [3.05, 3.63) is 77.4 Å². The summed E-state index contributed by atoms with van der Waals surface area (Å²) in [5, 5.41) is 15.2. The van der Waals surface area contributed by atoms with Crippen LogP contribution in [0.25, 0.3) is 11.1 Å². The zero-order valence-corrected chi connectivity index (χ0v) is 20.3. The molecule has 7 nitrogen and oxygen atoms in total. The molecule has 0 unspecified atom stereocenters. The third-order valence-corrected chi connectivity index (χ3v) is 5.47. The van der Waals surface area contributed by atoms with Gasteiger partial charge in [-0.2, -0.15) is 0 Å². The maximum absolute atomic E-state index is 12.8. The summed E-state index contributed by atoms with van der Waals surface area (Å²) in [7, 11) is 5.54. The minimum atomic E-state index is -0.210. The van der Waals surface area contributed by atoms with Crippen LogP contribution in [0.2, 0.25) is 0 Å². The van der Waals surface area contributed by atoms with Gasteiger partial charge in [-0.05, 0) is 80.5 Å². The molecule has 1 amide bonds. The lowest BCUT2D eigenvalue weighted by Gasteiger charge is -2.15. The Hall–Kier alpha value is -3.84. The molecule has 3 rings (SSSR count). The zero-order valence-electron chi connectivity index (χ0n) is 20.3. The highest BCUT2D eigenvalue weighted by Gasteiger charge is 2.11. The Bertz CT molecular complexity index is 1170. The van der Waals surface area contributed by atoms with E-state index in [1.807, 2.05) is 56.3 Å². The van der Waals surface area contributed by atoms with E-state index in [2.05, 4.69) is 10.5 Å². The van der Waals surface area contributed by atoms with E-state index in [9.17, 15) is 4.79 Å². The second kappa shape index (κ2) is 11.3. The van der Waals surface area contributed by atoms with Gasteiger partial charge in [0, 0.05) is 23.9 Å². The molecular weight excluding hydrogens is 430 g/mol. The van der Waals surface area contributed by atoms with Crippen LogP contribution in [0, 0.1) is 6.92 Å². The van der Waals surface area contributed by atoms with Crippen molar-refractivity contribution in [2.24, 2.45) is 5.16 Å². The lowest BCUT2D eigenvalue weighted by atomic mass is 9.96. The zero-order chi connectivity index (χ0) is 24.7. The Balaban J connectivity index is 1.73. The fourth-order valence-corrected chi connectivity index (χ4v) is 3.48. The standard InChI is InChI=1S/C27H31N3O4/c1-18-16-22(19(2)29-32)10-12-24(18)20-6-8-21(9-7-20)27(31)28-23-11-13-25(33-5)26(17-23)34-15-14-30(3)4/h6-13,16-17,32H,14-15H2,1-5H3,(H,28,31). The number of methoxy groups -OCH3 is 1. The van der Waals surface area contributed by atoms with Crippen LogP contribution in [-0.4, -0.2) is 56.1 Å². The first-order chi connectivity index (χ1) is 16.3. The number of carbonyl (C=O) groups is 1. The Morgan fingerprint density at radius 3 is 2.32 bits per heavy atom. The molecule has 0 aliphatic heterocycles. The maximum atomic E-state index is 12.8. The number of oxime groups is 1. The van der Waals surface area contributed by atoms with Crippen molar-refractivity contribution in [2.75, 3.05) is 39.7 Å². The van der Waals surface area contributed by atoms with E-state index in [1.165, 1.54) is 0 Å². The van der Waals surface area contributed by atoms with Crippen LogP contribution >= 0.6 is 0 Å². The molecule has 0 spiro atoms. The lowest BCUT2D eigenvalue weighted by Crippen LogP contribution is -2.19. The van der Waals surface area contributed by atoms with Gasteiger partial charge in [0.2, 0.25) is 0 Å². The van der Waals surface area contributed by atoms with Crippen LogP contribution in [0.3, 0.4) is 0 Å². The van der Waals surface area contributed by atoms with Gasteiger partial charge in [0.25, 0.3) is 5.91 Å². The highest BCUT2D eigenvalue weighted by molar-refractivity contribution is 6.04. The number of hydrogen-bond acceptors (Lipinski definition) is 6. The molecule has 0 bridgehead atoms. The second-order valence-corrected chi connectivity index (χ2v) is 8.26. The first kappa shape index (κ1) is 24.8. The number of amides is 1. The predicted octanol–water partition coefficient (Wildman–Crippen LogP) is 5.06. The minimum absolute atomic E-state index is 0.210. The molecule has 0 aliphatic rings. The number of ether oxygens (including phenoxy) is 2. The Kier molecular flexibility index (Phi) is 8.27. The summed E-state index contributed by atoms with van der Waals surface area (Å²) in [6, 6.07) is 18.7. The first-order valence-corrected chi connectivity index (χ1v) is 11.0. The molecule has 0 radical (unpaired) electrons.